The van der Waals surface area contributed by atoms with Crippen molar-refractivity contribution in [3.63, 3.8) is 0 Å². The van der Waals surface area contributed by atoms with Crippen LogP contribution in [-0.4, -0.2) is 10.4 Å². The fraction of sp³-hybridized carbons (Fsp3) is 0.0526. The van der Waals surface area contributed by atoms with Gasteiger partial charge in [-0.1, -0.05) is 29.8 Å². The van der Waals surface area contributed by atoms with E-state index >= 15 is 0 Å². The van der Waals surface area contributed by atoms with Crippen molar-refractivity contribution in [3.8, 4) is 11.8 Å². The molecule has 0 amide bonds. The Labute approximate surface area is 139 Å². The molecule has 0 spiro atoms. The van der Waals surface area contributed by atoms with Gasteiger partial charge in [0.25, 0.3) is 0 Å². The van der Waals surface area contributed by atoms with Crippen molar-refractivity contribution < 1.29 is 4.79 Å². The highest BCUT2D eigenvalue weighted by atomic mass is 35.5. The van der Waals surface area contributed by atoms with Crippen LogP contribution in [0.25, 0.3) is 5.69 Å². The zero-order valence-electron chi connectivity index (χ0n) is 12.2. The summed E-state index contributed by atoms with van der Waals surface area (Å²) < 4.78 is 1.88. The van der Waals surface area contributed by atoms with Gasteiger partial charge in [0.2, 0.25) is 0 Å². The van der Waals surface area contributed by atoms with Crippen LogP contribution >= 0.6 is 11.6 Å². The summed E-state index contributed by atoms with van der Waals surface area (Å²) in [4.78, 5) is 12.6. The molecule has 23 heavy (non-hydrogen) atoms. The molecule has 0 aliphatic carbocycles. The molecule has 0 bridgehead atoms. The van der Waals surface area contributed by atoms with E-state index in [4.69, 9.17) is 16.9 Å². The van der Waals surface area contributed by atoms with Crippen molar-refractivity contribution in [1.82, 2.24) is 4.57 Å². The summed E-state index contributed by atoms with van der Waals surface area (Å²) in [6.45, 7) is 0. The molecule has 0 fully saturated rings. The lowest BCUT2D eigenvalue weighted by atomic mass is 10.1. The van der Waals surface area contributed by atoms with E-state index in [1.165, 1.54) is 0 Å². The Morgan fingerprint density at radius 2 is 1.74 bits per heavy atom. The number of carbonyl (C=O) groups is 1. The lowest BCUT2D eigenvalue weighted by Gasteiger charge is -2.06. The molecule has 0 saturated carbocycles. The molecule has 0 N–H and O–H groups in total. The third kappa shape index (κ3) is 3.18. The topological polar surface area (TPSA) is 45.8 Å². The number of halogens is 1. The van der Waals surface area contributed by atoms with E-state index in [1.54, 1.807) is 36.5 Å². The average Bonchev–Trinajstić information content (AvgIpc) is 3.00. The maximum Gasteiger partial charge on any atom is 0.194 e. The first-order valence-corrected chi connectivity index (χ1v) is 7.51. The molecule has 2 aromatic carbocycles. The minimum Gasteiger partial charge on any atom is -0.319 e. The second-order valence-corrected chi connectivity index (χ2v) is 5.53. The van der Waals surface area contributed by atoms with E-state index in [-0.39, 0.29) is 12.2 Å². The van der Waals surface area contributed by atoms with Gasteiger partial charge in [-0.05, 0) is 42.5 Å². The molecule has 4 heteroatoms. The van der Waals surface area contributed by atoms with Crippen molar-refractivity contribution >= 4 is 17.4 Å². The molecule has 112 valence electrons. The number of hydrogen-bond donors (Lipinski definition) is 0. The van der Waals surface area contributed by atoms with E-state index in [9.17, 15) is 4.79 Å². The van der Waals surface area contributed by atoms with Crippen LogP contribution in [0.1, 0.15) is 21.6 Å². The number of rotatable bonds is 4. The van der Waals surface area contributed by atoms with Gasteiger partial charge in [-0.3, -0.25) is 4.79 Å². The summed E-state index contributed by atoms with van der Waals surface area (Å²) in [5.41, 5.74) is 2.84. The Kier molecular flexibility index (Phi) is 4.27. The number of ketones is 1. The van der Waals surface area contributed by atoms with Crippen molar-refractivity contribution in [2.24, 2.45) is 0 Å². The molecular weight excluding hydrogens is 308 g/mol. The van der Waals surface area contributed by atoms with Crippen LogP contribution in [0.5, 0.6) is 0 Å². The van der Waals surface area contributed by atoms with Gasteiger partial charge in [0.15, 0.2) is 5.78 Å². The number of nitrogens with zero attached hydrogens (tertiary/aromatic N) is 2. The van der Waals surface area contributed by atoms with Gasteiger partial charge >= 0.3 is 0 Å². The smallest absolute Gasteiger partial charge is 0.194 e. The van der Waals surface area contributed by atoms with E-state index in [0.717, 1.165) is 11.4 Å². The predicted molar refractivity (Wildman–Crippen MR) is 90.0 cm³/mol. The van der Waals surface area contributed by atoms with Crippen LogP contribution < -0.4 is 0 Å². The highest BCUT2D eigenvalue weighted by molar-refractivity contribution is 6.30. The van der Waals surface area contributed by atoms with E-state index < -0.39 is 0 Å². The van der Waals surface area contributed by atoms with Gasteiger partial charge in [0, 0.05) is 33.7 Å². The maximum atomic E-state index is 12.6. The second kappa shape index (κ2) is 6.51. The largest absolute Gasteiger partial charge is 0.319 e. The number of hydrogen-bond acceptors (Lipinski definition) is 2. The van der Waals surface area contributed by atoms with Gasteiger partial charge in [-0.25, -0.2) is 0 Å². The highest BCUT2D eigenvalue weighted by Crippen LogP contribution is 2.20. The summed E-state index contributed by atoms with van der Waals surface area (Å²) in [5.74, 6) is -0.0875. The predicted octanol–water partition coefficient (Wildman–Crippen LogP) is 4.43. The molecular formula is C19H13ClN2O. The van der Waals surface area contributed by atoms with Crippen LogP contribution in [0.15, 0.2) is 66.9 Å². The van der Waals surface area contributed by atoms with E-state index in [1.807, 2.05) is 34.9 Å². The first-order chi connectivity index (χ1) is 11.2. The molecule has 1 heterocycles. The third-order valence-corrected chi connectivity index (χ3v) is 3.81. The summed E-state index contributed by atoms with van der Waals surface area (Å²) >= 11 is 5.86. The van der Waals surface area contributed by atoms with Crippen LogP contribution in [0, 0.1) is 11.3 Å². The lowest BCUT2D eigenvalue weighted by molar-refractivity contribution is 0.103. The fourth-order valence-corrected chi connectivity index (χ4v) is 2.57. The minimum absolute atomic E-state index is 0.0875. The van der Waals surface area contributed by atoms with Gasteiger partial charge in [0.05, 0.1) is 12.5 Å². The summed E-state index contributed by atoms with van der Waals surface area (Å²) in [5, 5.41) is 9.61. The Balaban J connectivity index is 2.02. The standard InChI is InChI=1S/C19H13ClN2O/c20-16-8-6-14(7-9-16)19(23)15-12-18(10-11-21)22(13-15)17-4-2-1-3-5-17/h1-9,12-13H,10H2. The van der Waals surface area contributed by atoms with Crippen LogP contribution in [0.2, 0.25) is 5.02 Å². The summed E-state index contributed by atoms with van der Waals surface area (Å²) in [7, 11) is 0. The molecule has 0 aliphatic heterocycles. The number of para-hydroxylation sites is 1. The van der Waals surface area contributed by atoms with Crippen LogP contribution in [0.4, 0.5) is 0 Å². The molecule has 3 rings (SSSR count). The summed E-state index contributed by atoms with van der Waals surface area (Å²) in [6, 6.07) is 20.4. The molecule has 0 saturated heterocycles. The normalized spacial score (nSPS) is 10.3. The van der Waals surface area contributed by atoms with Gasteiger partial charge in [-0.2, -0.15) is 5.26 Å². The third-order valence-electron chi connectivity index (χ3n) is 3.56. The molecule has 0 radical (unpaired) electrons. The highest BCUT2D eigenvalue weighted by Gasteiger charge is 2.15. The van der Waals surface area contributed by atoms with Gasteiger partial charge in [-0.15, -0.1) is 0 Å². The zero-order valence-corrected chi connectivity index (χ0v) is 13.0. The second-order valence-electron chi connectivity index (χ2n) is 5.10. The maximum absolute atomic E-state index is 12.6. The van der Waals surface area contributed by atoms with E-state index in [2.05, 4.69) is 6.07 Å². The lowest BCUT2D eigenvalue weighted by Crippen LogP contribution is -2.00. The van der Waals surface area contributed by atoms with Gasteiger partial charge in [0.1, 0.15) is 0 Å². The number of carbonyl (C=O) groups excluding carboxylic acids is 1. The first-order valence-electron chi connectivity index (χ1n) is 7.13. The molecule has 3 aromatic rings. The monoisotopic (exact) mass is 320 g/mol. The van der Waals surface area contributed by atoms with Crippen molar-refractivity contribution in [2.75, 3.05) is 0 Å². The van der Waals surface area contributed by atoms with Gasteiger partial charge < -0.3 is 4.57 Å². The molecule has 3 nitrogen and oxygen atoms in total. The zero-order chi connectivity index (χ0) is 16.2. The average molecular weight is 321 g/mol. The van der Waals surface area contributed by atoms with Crippen LogP contribution in [-0.2, 0) is 6.42 Å². The number of aromatic nitrogens is 1. The Hall–Kier alpha value is -2.83. The minimum atomic E-state index is -0.0875. The molecule has 0 aliphatic rings. The van der Waals surface area contributed by atoms with Crippen LogP contribution in [0.3, 0.4) is 0 Å². The number of nitriles is 1. The Morgan fingerprint density at radius 3 is 2.39 bits per heavy atom. The SMILES string of the molecule is N#CCc1cc(C(=O)c2ccc(Cl)cc2)cn1-c1ccccc1. The fourth-order valence-electron chi connectivity index (χ4n) is 2.45. The molecule has 0 atom stereocenters. The molecule has 0 unspecified atom stereocenters. The quantitative estimate of drug-likeness (QED) is 0.668. The van der Waals surface area contributed by atoms with Crippen molar-refractivity contribution in [3.05, 3.63) is 88.7 Å². The van der Waals surface area contributed by atoms with Crippen molar-refractivity contribution in [1.29, 1.82) is 5.26 Å². The first kappa shape index (κ1) is 15.1. The summed E-state index contributed by atoms with van der Waals surface area (Å²) in [6.07, 6.45) is 2.02. The van der Waals surface area contributed by atoms with E-state index in [0.29, 0.717) is 16.1 Å². The molecule has 1 aromatic heterocycles. The Bertz CT molecular complexity index is 874. The Morgan fingerprint density at radius 1 is 1.04 bits per heavy atom. The number of benzene rings is 2. The van der Waals surface area contributed by atoms with Crippen molar-refractivity contribution in [2.45, 2.75) is 6.42 Å².